The Bertz CT molecular complexity index is 660. The summed E-state index contributed by atoms with van der Waals surface area (Å²) in [4.78, 5) is 12.7. The minimum absolute atomic E-state index is 0.0877. The smallest absolute Gasteiger partial charge is 0.338 e. The third-order valence-corrected chi connectivity index (χ3v) is 8.01. The summed E-state index contributed by atoms with van der Waals surface area (Å²) in [5.41, 5.74) is 2.02. The molecule has 1 saturated carbocycles. The first-order chi connectivity index (χ1) is 17.0. The summed E-state index contributed by atoms with van der Waals surface area (Å²) >= 11 is 0. The molecule has 1 aromatic rings. The van der Waals surface area contributed by atoms with E-state index in [0.717, 1.165) is 18.9 Å². The van der Waals surface area contributed by atoms with Crippen molar-refractivity contribution >= 4 is 5.97 Å². The summed E-state index contributed by atoms with van der Waals surface area (Å²) in [6.45, 7) is 9.22. The molecule has 0 radical (unpaired) electrons. The fourth-order valence-electron chi connectivity index (χ4n) is 5.33. The van der Waals surface area contributed by atoms with E-state index >= 15 is 0 Å². The van der Waals surface area contributed by atoms with Crippen molar-refractivity contribution in [2.45, 2.75) is 149 Å². The molecule has 2 rings (SSSR count). The van der Waals surface area contributed by atoms with Gasteiger partial charge < -0.3 is 9.47 Å². The molecule has 0 amide bonds. The van der Waals surface area contributed by atoms with Crippen molar-refractivity contribution in [2.75, 3.05) is 6.61 Å². The van der Waals surface area contributed by atoms with Crippen LogP contribution in [0.4, 0.5) is 0 Å². The van der Waals surface area contributed by atoms with Gasteiger partial charge in [0.2, 0.25) is 0 Å². The molecule has 3 nitrogen and oxygen atoms in total. The van der Waals surface area contributed by atoms with Gasteiger partial charge in [0.1, 0.15) is 6.10 Å². The van der Waals surface area contributed by atoms with E-state index < -0.39 is 0 Å². The molecule has 0 spiro atoms. The third-order valence-electron chi connectivity index (χ3n) is 8.01. The zero-order valence-electron chi connectivity index (χ0n) is 23.4. The van der Waals surface area contributed by atoms with Crippen LogP contribution in [0, 0.1) is 5.92 Å². The molecule has 0 saturated heterocycles. The Morgan fingerprint density at radius 2 is 1.34 bits per heavy atom. The van der Waals surface area contributed by atoms with E-state index in [1.807, 2.05) is 26.0 Å². The van der Waals surface area contributed by atoms with Crippen LogP contribution >= 0.6 is 0 Å². The van der Waals surface area contributed by atoms with Crippen molar-refractivity contribution in [3.8, 4) is 0 Å². The van der Waals surface area contributed by atoms with Gasteiger partial charge in [-0.3, -0.25) is 0 Å². The minimum atomic E-state index is -0.251. The molecule has 200 valence electrons. The lowest BCUT2D eigenvalue weighted by Gasteiger charge is -2.29. The molecule has 0 bridgehead atoms. The first kappa shape index (κ1) is 29.9. The fraction of sp³-hybridized carbons (Fsp3) is 0.781. The van der Waals surface area contributed by atoms with Gasteiger partial charge in [0.05, 0.1) is 11.7 Å². The number of carbonyl (C=O) groups is 1. The SMILES string of the molecule is CCCCCCCCCCOC(C)C(C)OC(=O)c1ccc(C2CCC(CCCCC)CC2)cc1. The topological polar surface area (TPSA) is 35.5 Å². The normalized spacial score (nSPS) is 19.9. The summed E-state index contributed by atoms with van der Waals surface area (Å²) < 4.78 is 11.7. The number of ether oxygens (including phenoxy) is 2. The highest BCUT2D eigenvalue weighted by molar-refractivity contribution is 5.89. The predicted octanol–water partition coefficient (Wildman–Crippen LogP) is 9.63. The molecule has 3 heteroatoms. The lowest BCUT2D eigenvalue weighted by atomic mass is 9.77. The number of rotatable bonds is 18. The Morgan fingerprint density at radius 1 is 0.771 bits per heavy atom. The summed E-state index contributed by atoms with van der Waals surface area (Å²) in [7, 11) is 0. The van der Waals surface area contributed by atoms with E-state index in [1.165, 1.54) is 102 Å². The first-order valence-electron chi connectivity index (χ1n) is 15.0. The standard InChI is InChI=1S/C32H54O3/c1-5-7-9-10-11-12-13-15-25-34-26(3)27(4)35-32(33)31-23-21-30(22-24-31)29-19-17-28(18-20-29)16-14-8-6-2/h21-24,26-29H,5-20,25H2,1-4H3. The maximum atomic E-state index is 12.7. The quantitative estimate of drug-likeness (QED) is 0.153. The van der Waals surface area contributed by atoms with Gasteiger partial charge >= 0.3 is 5.97 Å². The molecule has 1 fully saturated rings. The fourth-order valence-corrected chi connectivity index (χ4v) is 5.33. The maximum absolute atomic E-state index is 12.7. The van der Waals surface area contributed by atoms with Crippen LogP contribution in [0.1, 0.15) is 152 Å². The number of esters is 1. The summed E-state index contributed by atoms with van der Waals surface area (Å²) in [6.07, 6.45) is 20.8. The van der Waals surface area contributed by atoms with Crippen molar-refractivity contribution < 1.29 is 14.3 Å². The van der Waals surface area contributed by atoms with Crippen molar-refractivity contribution in [2.24, 2.45) is 5.92 Å². The molecular formula is C32H54O3. The van der Waals surface area contributed by atoms with Gasteiger partial charge in [-0.1, -0.05) is 96.6 Å². The second-order valence-electron chi connectivity index (χ2n) is 11.0. The molecule has 2 atom stereocenters. The monoisotopic (exact) mass is 486 g/mol. The van der Waals surface area contributed by atoms with E-state index in [4.69, 9.17) is 9.47 Å². The highest BCUT2D eigenvalue weighted by Gasteiger charge is 2.23. The lowest BCUT2D eigenvalue weighted by Crippen LogP contribution is -2.29. The highest BCUT2D eigenvalue weighted by Crippen LogP contribution is 2.37. The van der Waals surface area contributed by atoms with Crippen LogP contribution in [-0.2, 0) is 9.47 Å². The first-order valence-corrected chi connectivity index (χ1v) is 15.0. The minimum Gasteiger partial charge on any atom is -0.456 e. The Labute approximate surface area is 216 Å². The van der Waals surface area contributed by atoms with E-state index in [-0.39, 0.29) is 18.2 Å². The molecule has 0 aliphatic heterocycles. The van der Waals surface area contributed by atoms with Gasteiger partial charge in [-0.25, -0.2) is 4.79 Å². The zero-order valence-corrected chi connectivity index (χ0v) is 23.4. The number of unbranched alkanes of at least 4 members (excludes halogenated alkanes) is 9. The van der Waals surface area contributed by atoms with Crippen molar-refractivity contribution in [1.82, 2.24) is 0 Å². The second-order valence-corrected chi connectivity index (χ2v) is 11.0. The Hall–Kier alpha value is -1.35. The average Bonchev–Trinajstić information content (AvgIpc) is 2.88. The molecule has 35 heavy (non-hydrogen) atoms. The van der Waals surface area contributed by atoms with E-state index in [1.54, 1.807) is 0 Å². The van der Waals surface area contributed by atoms with Crippen LogP contribution < -0.4 is 0 Å². The number of carbonyl (C=O) groups excluding carboxylic acids is 1. The van der Waals surface area contributed by atoms with Gasteiger partial charge in [-0.15, -0.1) is 0 Å². The Kier molecular flexibility index (Phi) is 15.3. The molecular weight excluding hydrogens is 432 g/mol. The number of hydrogen-bond acceptors (Lipinski definition) is 3. The van der Waals surface area contributed by atoms with Gasteiger partial charge in [-0.05, 0) is 75.5 Å². The molecule has 0 heterocycles. The maximum Gasteiger partial charge on any atom is 0.338 e. The van der Waals surface area contributed by atoms with E-state index in [2.05, 4.69) is 26.0 Å². The van der Waals surface area contributed by atoms with E-state index in [0.29, 0.717) is 11.5 Å². The Balaban J connectivity index is 1.63. The van der Waals surface area contributed by atoms with Crippen LogP contribution in [0.25, 0.3) is 0 Å². The summed E-state index contributed by atoms with van der Waals surface area (Å²) in [5.74, 6) is 1.32. The van der Waals surface area contributed by atoms with Crippen LogP contribution in [0.15, 0.2) is 24.3 Å². The van der Waals surface area contributed by atoms with Gasteiger partial charge in [0.25, 0.3) is 0 Å². The zero-order chi connectivity index (χ0) is 25.3. The van der Waals surface area contributed by atoms with Crippen LogP contribution in [0.5, 0.6) is 0 Å². The molecule has 1 aliphatic carbocycles. The third kappa shape index (κ3) is 12.0. The average molecular weight is 487 g/mol. The van der Waals surface area contributed by atoms with Crippen molar-refractivity contribution in [3.05, 3.63) is 35.4 Å². The van der Waals surface area contributed by atoms with Crippen LogP contribution in [0.2, 0.25) is 0 Å². The lowest BCUT2D eigenvalue weighted by molar-refractivity contribution is -0.0386. The molecule has 2 unspecified atom stereocenters. The largest absolute Gasteiger partial charge is 0.456 e. The molecule has 0 aromatic heterocycles. The predicted molar refractivity (Wildman–Crippen MR) is 148 cm³/mol. The van der Waals surface area contributed by atoms with Crippen molar-refractivity contribution in [1.29, 1.82) is 0 Å². The van der Waals surface area contributed by atoms with Crippen molar-refractivity contribution in [3.63, 3.8) is 0 Å². The molecule has 1 aromatic carbocycles. The highest BCUT2D eigenvalue weighted by atomic mass is 16.6. The molecule has 0 N–H and O–H groups in total. The number of hydrogen-bond donors (Lipinski definition) is 0. The second kappa shape index (κ2) is 18.0. The van der Waals surface area contributed by atoms with Gasteiger partial charge in [-0.2, -0.15) is 0 Å². The Morgan fingerprint density at radius 3 is 1.97 bits per heavy atom. The summed E-state index contributed by atoms with van der Waals surface area (Å²) in [6, 6.07) is 8.19. The van der Waals surface area contributed by atoms with Crippen LogP contribution in [-0.4, -0.2) is 24.8 Å². The summed E-state index contributed by atoms with van der Waals surface area (Å²) in [5, 5.41) is 0. The number of benzene rings is 1. The molecule has 1 aliphatic rings. The van der Waals surface area contributed by atoms with Gasteiger partial charge in [0, 0.05) is 6.61 Å². The van der Waals surface area contributed by atoms with E-state index in [9.17, 15) is 4.79 Å². The van der Waals surface area contributed by atoms with Gasteiger partial charge in [0.15, 0.2) is 0 Å². The van der Waals surface area contributed by atoms with Crippen LogP contribution in [0.3, 0.4) is 0 Å².